The van der Waals surface area contributed by atoms with Crippen LogP contribution in [0.2, 0.25) is 0 Å². The van der Waals surface area contributed by atoms with Gasteiger partial charge in [0, 0.05) is 0 Å². The summed E-state index contributed by atoms with van der Waals surface area (Å²) in [5.74, 6) is 1.87. The van der Waals surface area contributed by atoms with Crippen LogP contribution < -0.4 is 5.63 Å². The molecule has 2 aliphatic carbocycles. The fraction of sp³-hybridized carbons (Fsp3) is 0.167. The molecule has 3 heteroatoms. The van der Waals surface area contributed by atoms with E-state index in [1.54, 1.807) is 0 Å². The first-order valence-electron chi connectivity index (χ1n) is 9.41. The molecule has 2 aromatic carbocycles. The molecule has 0 N–H and O–H groups in total. The summed E-state index contributed by atoms with van der Waals surface area (Å²) in [5, 5.41) is 0. The van der Waals surface area contributed by atoms with Crippen LogP contribution in [-0.2, 0) is 21.1 Å². The quantitative estimate of drug-likeness (QED) is 0.520. The third-order valence-corrected chi connectivity index (χ3v) is 13.6. The van der Waals surface area contributed by atoms with Crippen LogP contribution in [0.1, 0.15) is 24.0 Å². The molecule has 0 saturated carbocycles. The topological polar surface area (TPSA) is 18.5 Å². The van der Waals surface area contributed by atoms with Crippen LogP contribution >= 0.6 is 0 Å². The molecule has 0 bridgehead atoms. The number of para-hydroxylation sites is 2. The van der Waals surface area contributed by atoms with Crippen molar-refractivity contribution in [1.82, 2.24) is 0 Å². The summed E-state index contributed by atoms with van der Waals surface area (Å²) in [6, 6.07) is 16.5. The van der Waals surface area contributed by atoms with Gasteiger partial charge in [-0.15, -0.1) is 0 Å². The van der Waals surface area contributed by atoms with Gasteiger partial charge in [0.1, 0.15) is 0 Å². The van der Waals surface area contributed by atoms with Crippen LogP contribution in [0.3, 0.4) is 0 Å². The van der Waals surface area contributed by atoms with Crippen LogP contribution in [-0.4, -0.2) is 0 Å². The Kier molecular flexibility index (Phi) is 5.32. The second kappa shape index (κ2) is 7.86. The number of benzene rings is 2. The Morgan fingerprint density at radius 1 is 0.667 bits per heavy atom. The third-order valence-electron chi connectivity index (χ3n) is 5.08. The molecular formula is C24H24O2Zr. The van der Waals surface area contributed by atoms with E-state index in [9.17, 15) is 0 Å². The molecule has 2 aliphatic rings. The van der Waals surface area contributed by atoms with E-state index in [0.717, 1.165) is 35.5 Å². The normalized spacial score (nSPS) is 15.6. The molecule has 2 aromatic rings. The van der Waals surface area contributed by atoms with Gasteiger partial charge in [0.05, 0.1) is 0 Å². The van der Waals surface area contributed by atoms with E-state index < -0.39 is 21.1 Å². The second-order valence-corrected chi connectivity index (χ2v) is 14.2. The molecule has 0 saturated heterocycles. The van der Waals surface area contributed by atoms with E-state index in [2.05, 4.69) is 74.6 Å². The van der Waals surface area contributed by atoms with Gasteiger partial charge in [0.15, 0.2) is 0 Å². The van der Waals surface area contributed by atoms with Gasteiger partial charge >= 0.3 is 168 Å². The summed E-state index contributed by atoms with van der Waals surface area (Å²) in [7, 11) is 0. The molecule has 0 aliphatic heterocycles. The van der Waals surface area contributed by atoms with Crippen molar-refractivity contribution in [3.05, 3.63) is 103 Å². The first-order valence-corrected chi connectivity index (χ1v) is 13.9. The molecule has 27 heavy (non-hydrogen) atoms. The van der Waals surface area contributed by atoms with E-state index in [0.29, 0.717) is 0 Å². The van der Waals surface area contributed by atoms with E-state index >= 15 is 0 Å². The Bertz CT molecular complexity index is 886. The number of allylic oxidation sites excluding steroid dienone is 8. The first-order chi connectivity index (χ1) is 13.2. The van der Waals surface area contributed by atoms with Crippen molar-refractivity contribution in [2.24, 2.45) is 0 Å². The second-order valence-electron chi connectivity index (χ2n) is 7.00. The molecule has 4 rings (SSSR count). The Morgan fingerprint density at radius 3 is 1.48 bits per heavy atom. The fourth-order valence-corrected chi connectivity index (χ4v) is 12.0. The molecule has 0 spiro atoms. The standard InChI is InChI=1S/2C7H8O.2C5H5.Zr/c2*1-6-4-2-3-5-7(6)8;2*1-2-4-5-3-1;/h2*2-5,8H,1H3;2*1-3H,4H2;/q;;;;+2/p-2. The first kappa shape index (κ1) is 18.3. The number of rotatable bonds is 6. The maximum absolute atomic E-state index is 6.93. The number of hydrogen-bond donors (Lipinski definition) is 0. The zero-order chi connectivity index (χ0) is 18.7. The van der Waals surface area contributed by atoms with Crippen LogP contribution in [0.25, 0.3) is 0 Å². The monoisotopic (exact) mass is 434 g/mol. The maximum atomic E-state index is 6.93. The van der Waals surface area contributed by atoms with Gasteiger partial charge < -0.3 is 0 Å². The van der Waals surface area contributed by atoms with Crippen LogP contribution in [0, 0.1) is 13.8 Å². The zero-order valence-electron chi connectivity index (χ0n) is 15.8. The molecule has 0 unspecified atom stereocenters. The minimum absolute atomic E-state index is 0.908. The van der Waals surface area contributed by atoms with E-state index in [1.807, 2.05) is 24.3 Å². The summed E-state index contributed by atoms with van der Waals surface area (Å²) >= 11 is -3.86. The van der Waals surface area contributed by atoms with Gasteiger partial charge in [0.2, 0.25) is 0 Å². The van der Waals surface area contributed by atoms with Gasteiger partial charge in [-0.3, -0.25) is 0 Å². The summed E-state index contributed by atoms with van der Waals surface area (Å²) in [6.07, 6.45) is 14.9. The molecule has 0 heterocycles. The number of aryl methyl sites for hydroxylation is 2. The Hall–Kier alpha value is -2.12. The van der Waals surface area contributed by atoms with E-state index in [4.69, 9.17) is 5.63 Å². The third kappa shape index (κ3) is 3.66. The molecule has 0 amide bonds. The van der Waals surface area contributed by atoms with Crippen LogP contribution in [0.5, 0.6) is 11.5 Å². The van der Waals surface area contributed by atoms with Gasteiger partial charge in [-0.2, -0.15) is 0 Å². The molecule has 0 aromatic heterocycles. The summed E-state index contributed by atoms with van der Waals surface area (Å²) in [4.78, 5) is 0. The minimum atomic E-state index is -3.86. The Morgan fingerprint density at radius 2 is 1.11 bits per heavy atom. The predicted octanol–water partition coefficient (Wildman–Crippen LogP) is 6.43. The van der Waals surface area contributed by atoms with Gasteiger partial charge in [-0.05, 0) is 0 Å². The SMILES string of the molecule is Cc1ccccc1[O][Zr]([O]c1ccccc1C)([C]1=CC=CC1)[C]1=CC=CC1. The van der Waals surface area contributed by atoms with Crippen molar-refractivity contribution in [3.63, 3.8) is 0 Å². The molecule has 2 nitrogen and oxygen atoms in total. The summed E-state index contributed by atoms with van der Waals surface area (Å²) in [5.41, 5.74) is 2.29. The van der Waals surface area contributed by atoms with E-state index in [1.165, 1.54) is 6.56 Å². The van der Waals surface area contributed by atoms with Crippen LogP contribution in [0.4, 0.5) is 0 Å². The van der Waals surface area contributed by atoms with Crippen LogP contribution in [0.15, 0.2) is 91.5 Å². The van der Waals surface area contributed by atoms with Gasteiger partial charge in [-0.1, -0.05) is 0 Å². The Labute approximate surface area is 167 Å². The Balaban J connectivity index is 1.84. The molecule has 136 valence electrons. The van der Waals surface area contributed by atoms with E-state index in [-0.39, 0.29) is 0 Å². The van der Waals surface area contributed by atoms with Gasteiger partial charge in [0.25, 0.3) is 0 Å². The van der Waals surface area contributed by atoms with Gasteiger partial charge in [-0.25, -0.2) is 0 Å². The molecule has 0 radical (unpaired) electrons. The van der Waals surface area contributed by atoms with Crippen molar-refractivity contribution < 1.29 is 26.8 Å². The average molecular weight is 436 g/mol. The fourth-order valence-electron chi connectivity index (χ4n) is 3.52. The summed E-state index contributed by atoms with van der Waals surface area (Å²) in [6.45, 7) is 4.20. The number of hydrogen-bond acceptors (Lipinski definition) is 2. The van der Waals surface area contributed by atoms with Crippen molar-refractivity contribution in [2.45, 2.75) is 26.7 Å². The molecular weight excluding hydrogens is 411 g/mol. The van der Waals surface area contributed by atoms with Crippen molar-refractivity contribution in [2.75, 3.05) is 0 Å². The molecule has 0 atom stereocenters. The van der Waals surface area contributed by atoms with Crippen molar-refractivity contribution in [1.29, 1.82) is 0 Å². The van der Waals surface area contributed by atoms with Crippen molar-refractivity contribution in [3.8, 4) is 11.5 Å². The predicted molar refractivity (Wildman–Crippen MR) is 107 cm³/mol. The average Bonchev–Trinajstić information content (AvgIpc) is 3.39. The summed E-state index contributed by atoms with van der Waals surface area (Å²) < 4.78 is 16.5. The van der Waals surface area contributed by atoms with Crippen molar-refractivity contribution >= 4 is 0 Å². The zero-order valence-corrected chi connectivity index (χ0v) is 18.3. The molecule has 0 fully saturated rings.